The van der Waals surface area contributed by atoms with Gasteiger partial charge in [-0.15, -0.1) is 11.3 Å². The van der Waals surface area contributed by atoms with E-state index in [1.165, 1.54) is 10.6 Å². The minimum atomic E-state index is 0.174. The van der Waals surface area contributed by atoms with Gasteiger partial charge in [0.15, 0.2) is 5.78 Å². The van der Waals surface area contributed by atoms with Crippen LogP contribution in [0.4, 0.5) is 11.6 Å². The Balaban J connectivity index is 1.33. The SMILES string of the molecule is COc1ccc(N2CCN(c3nc(C)c4c(n3)C[C@H](c3cccs3)CC4=O)CC2)cc1. The first kappa shape index (κ1) is 20.0. The van der Waals surface area contributed by atoms with Gasteiger partial charge in [-0.05, 0) is 49.1 Å². The number of rotatable bonds is 4. The number of methoxy groups -OCH3 is 1. The van der Waals surface area contributed by atoms with E-state index in [-0.39, 0.29) is 11.7 Å². The molecule has 2 aliphatic rings. The third-order valence-electron chi connectivity index (χ3n) is 6.25. The van der Waals surface area contributed by atoms with Crippen molar-refractivity contribution in [2.24, 2.45) is 0 Å². The zero-order valence-electron chi connectivity index (χ0n) is 17.9. The van der Waals surface area contributed by atoms with Crippen LogP contribution in [0.3, 0.4) is 0 Å². The van der Waals surface area contributed by atoms with Crippen LogP contribution in [-0.2, 0) is 6.42 Å². The maximum absolute atomic E-state index is 12.8. The van der Waals surface area contributed by atoms with Gasteiger partial charge in [0, 0.05) is 49.1 Å². The van der Waals surface area contributed by atoms with Crippen molar-refractivity contribution >= 4 is 28.8 Å². The largest absolute Gasteiger partial charge is 0.497 e. The van der Waals surface area contributed by atoms with Crippen molar-refractivity contribution in [3.8, 4) is 5.75 Å². The predicted molar refractivity (Wildman–Crippen MR) is 124 cm³/mol. The Labute approximate surface area is 186 Å². The molecule has 0 N–H and O–H groups in total. The number of benzene rings is 1. The number of aromatic nitrogens is 2. The summed E-state index contributed by atoms with van der Waals surface area (Å²) in [6.45, 7) is 5.46. The molecule has 0 amide bonds. The molecular formula is C24H26N4O2S. The highest BCUT2D eigenvalue weighted by Gasteiger charge is 2.31. The minimum Gasteiger partial charge on any atom is -0.497 e. The lowest BCUT2D eigenvalue weighted by atomic mass is 9.84. The molecule has 1 aliphatic carbocycles. The van der Waals surface area contributed by atoms with Gasteiger partial charge in [0.2, 0.25) is 5.95 Å². The summed E-state index contributed by atoms with van der Waals surface area (Å²) in [5, 5.41) is 2.08. The Bertz CT molecular complexity index is 1070. The van der Waals surface area contributed by atoms with E-state index < -0.39 is 0 Å². The van der Waals surface area contributed by atoms with E-state index in [1.807, 2.05) is 19.1 Å². The predicted octanol–water partition coefficient (Wildman–Crippen LogP) is 4.09. The Kier molecular flexibility index (Phi) is 5.36. The van der Waals surface area contributed by atoms with Crippen LogP contribution in [0, 0.1) is 6.92 Å². The van der Waals surface area contributed by atoms with E-state index >= 15 is 0 Å². The first-order chi connectivity index (χ1) is 15.1. The fourth-order valence-electron chi connectivity index (χ4n) is 4.58. The molecule has 0 bridgehead atoms. The summed E-state index contributed by atoms with van der Waals surface area (Å²) >= 11 is 1.72. The van der Waals surface area contributed by atoms with Crippen molar-refractivity contribution in [2.45, 2.75) is 25.7 Å². The lowest BCUT2D eigenvalue weighted by Gasteiger charge is -2.36. The molecule has 1 aliphatic heterocycles. The highest BCUT2D eigenvalue weighted by molar-refractivity contribution is 7.10. The molecule has 160 valence electrons. The van der Waals surface area contributed by atoms with Crippen molar-refractivity contribution in [3.63, 3.8) is 0 Å². The maximum Gasteiger partial charge on any atom is 0.225 e. The first-order valence-corrected chi connectivity index (χ1v) is 11.6. The molecule has 7 heteroatoms. The van der Waals surface area contributed by atoms with Crippen LogP contribution in [0.1, 0.15) is 39.0 Å². The van der Waals surface area contributed by atoms with Crippen LogP contribution in [0.25, 0.3) is 0 Å². The number of ketones is 1. The number of fused-ring (bicyclic) bond motifs is 1. The number of nitrogens with zero attached hydrogens (tertiary/aromatic N) is 4. The number of anilines is 2. The van der Waals surface area contributed by atoms with Crippen LogP contribution < -0.4 is 14.5 Å². The number of Topliss-reactive ketones (excluding diaryl/α,β-unsaturated/α-hetero) is 1. The molecular weight excluding hydrogens is 408 g/mol. The number of carbonyl (C=O) groups excluding carboxylic acids is 1. The number of piperazine rings is 1. The summed E-state index contributed by atoms with van der Waals surface area (Å²) in [6.07, 6.45) is 1.36. The van der Waals surface area contributed by atoms with Crippen LogP contribution in [-0.4, -0.2) is 49.0 Å². The van der Waals surface area contributed by atoms with Crippen LogP contribution in [0.5, 0.6) is 5.75 Å². The smallest absolute Gasteiger partial charge is 0.225 e. The summed E-state index contributed by atoms with van der Waals surface area (Å²) in [7, 11) is 1.69. The molecule has 3 heterocycles. The molecule has 5 rings (SSSR count). The molecule has 31 heavy (non-hydrogen) atoms. The lowest BCUT2D eigenvalue weighted by molar-refractivity contribution is 0.0962. The zero-order chi connectivity index (χ0) is 21.4. The van der Waals surface area contributed by atoms with Gasteiger partial charge in [0.05, 0.1) is 24.1 Å². The fraction of sp³-hybridized carbons (Fsp3) is 0.375. The Morgan fingerprint density at radius 1 is 1.00 bits per heavy atom. The summed E-state index contributed by atoms with van der Waals surface area (Å²) in [5.41, 5.74) is 3.67. The second-order valence-corrected chi connectivity index (χ2v) is 9.13. The number of aryl methyl sites for hydroxylation is 1. The topological polar surface area (TPSA) is 58.6 Å². The van der Waals surface area contributed by atoms with E-state index in [2.05, 4.69) is 39.4 Å². The Hall–Kier alpha value is -2.93. The van der Waals surface area contributed by atoms with Gasteiger partial charge in [0.25, 0.3) is 0 Å². The van der Waals surface area contributed by atoms with Crippen molar-refractivity contribution in [1.82, 2.24) is 9.97 Å². The van der Waals surface area contributed by atoms with Gasteiger partial charge in [-0.2, -0.15) is 0 Å². The summed E-state index contributed by atoms with van der Waals surface area (Å²) in [5.74, 6) is 2.03. The normalized spacial score (nSPS) is 18.8. The number of thiophene rings is 1. The van der Waals surface area contributed by atoms with Crippen molar-refractivity contribution in [1.29, 1.82) is 0 Å². The van der Waals surface area contributed by atoms with Crippen molar-refractivity contribution < 1.29 is 9.53 Å². The average Bonchev–Trinajstić information content (AvgIpc) is 3.34. The van der Waals surface area contributed by atoms with E-state index in [0.29, 0.717) is 6.42 Å². The fourth-order valence-corrected chi connectivity index (χ4v) is 5.41. The molecule has 1 atom stereocenters. The molecule has 0 radical (unpaired) electrons. The van der Waals surface area contributed by atoms with Gasteiger partial charge in [-0.3, -0.25) is 4.79 Å². The van der Waals surface area contributed by atoms with Gasteiger partial charge >= 0.3 is 0 Å². The van der Waals surface area contributed by atoms with Crippen LogP contribution >= 0.6 is 11.3 Å². The minimum absolute atomic E-state index is 0.174. The molecule has 0 saturated carbocycles. The quantitative estimate of drug-likeness (QED) is 0.616. The molecule has 3 aromatic rings. The van der Waals surface area contributed by atoms with Crippen molar-refractivity contribution in [3.05, 3.63) is 63.6 Å². The number of carbonyl (C=O) groups is 1. The van der Waals surface area contributed by atoms with Gasteiger partial charge in [-0.25, -0.2) is 9.97 Å². The average molecular weight is 435 g/mol. The molecule has 1 fully saturated rings. The monoisotopic (exact) mass is 434 g/mol. The Morgan fingerprint density at radius 3 is 2.42 bits per heavy atom. The molecule has 6 nitrogen and oxygen atoms in total. The second kappa shape index (κ2) is 8.30. The van der Waals surface area contributed by atoms with E-state index in [4.69, 9.17) is 14.7 Å². The highest BCUT2D eigenvalue weighted by atomic mass is 32.1. The van der Waals surface area contributed by atoms with Gasteiger partial charge in [-0.1, -0.05) is 6.07 Å². The molecule has 2 aromatic heterocycles. The molecule has 1 aromatic carbocycles. The molecule has 0 spiro atoms. The van der Waals surface area contributed by atoms with Gasteiger partial charge < -0.3 is 14.5 Å². The van der Waals surface area contributed by atoms with E-state index in [9.17, 15) is 4.79 Å². The third kappa shape index (κ3) is 3.90. The van der Waals surface area contributed by atoms with Crippen molar-refractivity contribution in [2.75, 3.05) is 43.1 Å². The number of ether oxygens (including phenoxy) is 1. The third-order valence-corrected chi connectivity index (χ3v) is 7.28. The maximum atomic E-state index is 12.8. The first-order valence-electron chi connectivity index (χ1n) is 10.7. The standard InChI is InChI=1S/C24H26N4O2S/c1-16-23-20(14-17(15-21(23)29)22-4-3-13-31-22)26-24(25-16)28-11-9-27(10-12-28)18-5-7-19(30-2)8-6-18/h3-8,13,17H,9-12,14-15H2,1-2H3/t17-/m0/s1. The summed E-state index contributed by atoms with van der Waals surface area (Å²) in [6, 6.07) is 12.4. The summed E-state index contributed by atoms with van der Waals surface area (Å²) in [4.78, 5) is 28.3. The van der Waals surface area contributed by atoms with Gasteiger partial charge in [0.1, 0.15) is 5.75 Å². The Morgan fingerprint density at radius 2 is 1.74 bits per heavy atom. The highest BCUT2D eigenvalue weighted by Crippen LogP contribution is 2.35. The molecule has 1 saturated heterocycles. The van der Waals surface area contributed by atoms with Crippen LogP contribution in [0.15, 0.2) is 41.8 Å². The zero-order valence-corrected chi connectivity index (χ0v) is 18.7. The lowest BCUT2D eigenvalue weighted by Crippen LogP contribution is -2.47. The second-order valence-electron chi connectivity index (χ2n) is 8.15. The number of hydrogen-bond acceptors (Lipinski definition) is 7. The van der Waals surface area contributed by atoms with Crippen LogP contribution in [0.2, 0.25) is 0 Å². The van der Waals surface area contributed by atoms with E-state index in [1.54, 1.807) is 18.4 Å². The molecule has 0 unspecified atom stereocenters. The van der Waals surface area contributed by atoms with E-state index in [0.717, 1.165) is 61.2 Å². The number of hydrogen-bond donors (Lipinski definition) is 0. The summed E-state index contributed by atoms with van der Waals surface area (Å²) < 4.78 is 5.26.